The first-order valence-corrected chi connectivity index (χ1v) is 7.73. The van der Waals surface area contributed by atoms with E-state index in [2.05, 4.69) is 10.2 Å². The quantitative estimate of drug-likeness (QED) is 0.773. The Labute approximate surface area is 105 Å². The Morgan fingerprint density at radius 1 is 1.41 bits per heavy atom. The van der Waals surface area contributed by atoms with Crippen molar-refractivity contribution in [2.24, 2.45) is 0 Å². The van der Waals surface area contributed by atoms with Crippen LogP contribution in [-0.2, 0) is 10.0 Å². The first kappa shape index (κ1) is 14.9. The molecular formula is C11H25N3O2S. The van der Waals surface area contributed by atoms with Gasteiger partial charge in [-0.1, -0.05) is 0 Å². The molecule has 6 heteroatoms. The number of sulfonamides is 1. The van der Waals surface area contributed by atoms with Crippen molar-refractivity contribution in [2.75, 3.05) is 40.3 Å². The van der Waals surface area contributed by atoms with Crippen molar-refractivity contribution in [3.8, 4) is 0 Å². The summed E-state index contributed by atoms with van der Waals surface area (Å²) < 4.78 is 26.5. The lowest BCUT2D eigenvalue weighted by molar-refractivity contribution is 0.289. The zero-order chi connectivity index (χ0) is 13.1. The molecule has 0 amide bonds. The minimum absolute atomic E-state index is 0.0619. The Bertz CT molecular complexity index is 332. The Morgan fingerprint density at radius 3 is 2.65 bits per heavy atom. The fourth-order valence-corrected chi connectivity index (χ4v) is 4.14. The van der Waals surface area contributed by atoms with Gasteiger partial charge in [-0.25, -0.2) is 8.42 Å². The monoisotopic (exact) mass is 263 g/mol. The van der Waals surface area contributed by atoms with E-state index in [1.807, 2.05) is 14.0 Å². The molecule has 1 heterocycles. The van der Waals surface area contributed by atoms with Gasteiger partial charge in [0.05, 0.1) is 5.25 Å². The molecule has 0 radical (unpaired) electrons. The molecule has 1 fully saturated rings. The van der Waals surface area contributed by atoms with Gasteiger partial charge in [0.2, 0.25) is 10.0 Å². The number of nitrogens with one attached hydrogen (secondary N) is 1. The molecule has 2 unspecified atom stereocenters. The van der Waals surface area contributed by atoms with Gasteiger partial charge in [-0.3, -0.25) is 0 Å². The third-order valence-corrected chi connectivity index (χ3v) is 5.69. The third kappa shape index (κ3) is 3.64. The number of rotatable bonds is 4. The maximum atomic E-state index is 12.4. The fourth-order valence-electron chi connectivity index (χ4n) is 2.35. The lowest BCUT2D eigenvalue weighted by Crippen LogP contribution is -2.47. The van der Waals surface area contributed by atoms with Gasteiger partial charge in [-0.05, 0) is 40.9 Å². The summed E-state index contributed by atoms with van der Waals surface area (Å²) in [5.41, 5.74) is 0. The van der Waals surface area contributed by atoms with E-state index in [0.717, 1.165) is 19.5 Å². The molecular weight excluding hydrogens is 238 g/mol. The standard InChI is InChI=1S/C11H25N3O2S/c1-10-9-13(4)6-5-7-14(10)17(15,16)11(2)8-12-3/h10-12H,5-9H2,1-4H3. The molecule has 0 aromatic heterocycles. The van der Waals surface area contributed by atoms with Gasteiger partial charge in [-0.2, -0.15) is 4.31 Å². The zero-order valence-electron chi connectivity index (χ0n) is 11.3. The van der Waals surface area contributed by atoms with Crippen LogP contribution in [0, 0.1) is 0 Å². The molecule has 1 saturated heterocycles. The molecule has 102 valence electrons. The van der Waals surface area contributed by atoms with E-state index in [9.17, 15) is 8.42 Å². The third-order valence-electron chi connectivity index (χ3n) is 3.31. The van der Waals surface area contributed by atoms with Gasteiger partial charge in [0.1, 0.15) is 0 Å². The first-order chi connectivity index (χ1) is 7.89. The summed E-state index contributed by atoms with van der Waals surface area (Å²) in [6.07, 6.45) is 0.909. The second-order valence-electron chi connectivity index (χ2n) is 4.99. The summed E-state index contributed by atoms with van der Waals surface area (Å²) in [5.74, 6) is 0. The van der Waals surface area contributed by atoms with Crippen LogP contribution in [-0.4, -0.2) is 69.2 Å². The highest BCUT2D eigenvalue weighted by atomic mass is 32.2. The predicted molar refractivity (Wildman–Crippen MR) is 70.6 cm³/mol. The van der Waals surface area contributed by atoms with Crippen molar-refractivity contribution in [2.45, 2.75) is 31.6 Å². The second-order valence-corrected chi connectivity index (χ2v) is 7.29. The molecule has 1 aliphatic heterocycles. The molecule has 0 aromatic rings. The number of likely N-dealkylation sites (N-methyl/N-ethyl adjacent to an activating group) is 1. The van der Waals surface area contributed by atoms with Crippen LogP contribution >= 0.6 is 0 Å². The molecule has 1 N–H and O–H groups in total. The Morgan fingerprint density at radius 2 is 2.06 bits per heavy atom. The highest BCUT2D eigenvalue weighted by molar-refractivity contribution is 7.89. The molecule has 1 rings (SSSR count). The summed E-state index contributed by atoms with van der Waals surface area (Å²) in [6.45, 7) is 6.68. The lowest BCUT2D eigenvalue weighted by Gasteiger charge is -2.29. The fraction of sp³-hybridized carbons (Fsp3) is 1.00. The van der Waals surface area contributed by atoms with Crippen molar-refractivity contribution in [1.29, 1.82) is 0 Å². The van der Waals surface area contributed by atoms with Crippen LogP contribution in [0.2, 0.25) is 0 Å². The zero-order valence-corrected chi connectivity index (χ0v) is 12.1. The van der Waals surface area contributed by atoms with Crippen LogP contribution in [0.3, 0.4) is 0 Å². The molecule has 0 spiro atoms. The van der Waals surface area contributed by atoms with E-state index >= 15 is 0 Å². The summed E-state index contributed by atoms with van der Waals surface area (Å²) in [6, 6.07) is 0.0619. The van der Waals surface area contributed by atoms with Crippen molar-refractivity contribution in [3.05, 3.63) is 0 Å². The first-order valence-electron chi connectivity index (χ1n) is 6.23. The van der Waals surface area contributed by atoms with Gasteiger partial charge in [0, 0.05) is 25.7 Å². The Balaban J connectivity index is 2.82. The van der Waals surface area contributed by atoms with Gasteiger partial charge in [-0.15, -0.1) is 0 Å². The molecule has 1 aliphatic rings. The average molecular weight is 263 g/mol. The normalized spacial score (nSPS) is 26.7. The predicted octanol–water partition coefficient (Wildman–Crippen LogP) is -0.0499. The van der Waals surface area contributed by atoms with Crippen LogP contribution in [0.25, 0.3) is 0 Å². The van der Waals surface area contributed by atoms with Crippen LogP contribution < -0.4 is 5.32 Å². The van der Waals surface area contributed by atoms with Crippen molar-refractivity contribution in [1.82, 2.24) is 14.5 Å². The van der Waals surface area contributed by atoms with E-state index in [-0.39, 0.29) is 11.3 Å². The second kappa shape index (κ2) is 6.13. The summed E-state index contributed by atoms with van der Waals surface area (Å²) >= 11 is 0. The molecule has 2 atom stereocenters. The molecule has 17 heavy (non-hydrogen) atoms. The van der Waals surface area contributed by atoms with Crippen LogP contribution in [0.5, 0.6) is 0 Å². The molecule has 0 bridgehead atoms. The maximum Gasteiger partial charge on any atom is 0.218 e. The van der Waals surface area contributed by atoms with Crippen molar-refractivity contribution in [3.63, 3.8) is 0 Å². The van der Waals surface area contributed by atoms with Crippen LogP contribution in [0.4, 0.5) is 0 Å². The summed E-state index contributed by atoms with van der Waals surface area (Å²) in [5, 5.41) is 2.57. The maximum absolute atomic E-state index is 12.4. The Hall–Kier alpha value is -0.170. The Kier molecular flexibility index (Phi) is 5.37. The molecule has 5 nitrogen and oxygen atoms in total. The summed E-state index contributed by atoms with van der Waals surface area (Å²) in [7, 11) is 0.653. The number of nitrogens with zero attached hydrogens (tertiary/aromatic N) is 2. The topological polar surface area (TPSA) is 52.7 Å². The molecule has 0 aromatic carbocycles. The SMILES string of the molecule is CNCC(C)S(=O)(=O)N1CCCN(C)CC1C. The number of hydrogen-bond acceptors (Lipinski definition) is 4. The van der Waals surface area contributed by atoms with E-state index in [1.165, 1.54) is 0 Å². The van der Waals surface area contributed by atoms with Gasteiger partial charge >= 0.3 is 0 Å². The average Bonchev–Trinajstić information content (AvgIpc) is 2.39. The van der Waals surface area contributed by atoms with Crippen LogP contribution in [0.15, 0.2) is 0 Å². The highest BCUT2D eigenvalue weighted by Gasteiger charge is 2.33. The van der Waals surface area contributed by atoms with Gasteiger partial charge < -0.3 is 10.2 Å². The number of hydrogen-bond donors (Lipinski definition) is 1. The highest BCUT2D eigenvalue weighted by Crippen LogP contribution is 2.17. The summed E-state index contributed by atoms with van der Waals surface area (Å²) in [4.78, 5) is 2.20. The van der Waals surface area contributed by atoms with E-state index < -0.39 is 10.0 Å². The smallest absolute Gasteiger partial charge is 0.218 e. The van der Waals surface area contributed by atoms with Crippen LogP contribution in [0.1, 0.15) is 20.3 Å². The van der Waals surface area contributed by atoms with Gasteiger partial charge in [0.25, 0.3) is 0 Å². The minimum atomic E-state index is -3.18. The molecule has 0 saturated carbocycles. The van der Waals surface area contributed by atoms with Crippen molar-refractivity contribution >= 4 is 10.0 Å². The molecule has 0 aliphatic carbocycles. The van der Waals surface area contributed by atoms with Gasteiger partial charge in [0.15, 0.2) is 0 Å². The van der Waals surface area contributed by atoms with E-state index in [1.54, 1.807) is 18.3 Å². The largest absolute Gasteiger partial charge is 0.318 e. The van der Waals surface area contributed by atoms with Crippen molar-refractivity contribution < 1.29 is 8.42 Å². The van der Waals surface area contributed by atoms with E-state index in [4.69, 9.17) is 0 Å². The minimum Gasteiger partial charge on any atom is -0.318 e. The lowest BCUT2D eigenvalue weighted by atomic mass is 10.3. The van der Waals surface area contributed by atoms with E-state index in [0.29, 0.717) is 13.1 Å².